The Kier molecular flexibility index (Phi) is 7.34. The number of carbonyl (C=O) groups is 2. The molecular formula is C27H20F2N2O2S. The molecule has 0 aliphatic heterocycles. The highest BCUT2D eigenvalue weighted by Gasteiger charge is 2.23. The van der Waals surface area contributed by atoms with Crippen LogP contribution in [0.3, 0.4) is 0 Å². The summed E-state index contributed by atoms with van der Waals surface area (Å²) in [6.07, 6.45) is 0. The van der Waals surface area contributed by atoms with E-state index in [2.05, 4.69) is 10.6 Å². The molecule has 0 saturated carbocycles. The van der Waals surface area contributed by atoms with Gasteiger partial charge in [0.05, 0.1) is 11.3 Å². The third-order valence-electron chi connectivity index (χ3n) is 4.96. The summed E-state index contributed by atoms with van der Waals surface area (Å²) in [6.45, 7) is 0. The third-order valence-corrected chi connectivity index (χ3v) is 6.22. The Labute approximate surface area is 200 Å². The Hall–Kier alpha value is -3.97. The molecule has 7 heteroatoms. The monoisotopic (exact) mass is 474 g/mol. The SMILES string of the molecule is O=C(Nc1ccc(SC(C(=O)Nc2ccccc2F)c2ccccc2)cc1)c1ccccc1F. The Balaban J connectivity index is 1.50. The number of halogens is 2. The van der Waals surface area contributed by atoms with E-state index < -0.39 is 22.8 Å². The molecule has 34 heavy (non-hydrogen) atoms. The van der Waals surface area contributed by atoms with Crippen molar-refractivity contribution in [3.05, 3.63) is 126 Å². The molecule has 2 N–H and O–H groups in total. The summed E-state index contributed by atoms with van der Waals surface area (Å²) in [7, 11) is 0. The van der Waals surface area contributed by atoms with Crippen LogP contribution in [0.25, 0.3) is 0 Å². The Bertz CT molecular complexity index is 1300. The van der Waals surface area contributed by atoms with Gasteiger partial charge in [-0.3, -0.25) is 9.59 Å². The molecule has 1 unspecified atom stereocenters. The van der Waals surface area contributed by atoms with E-state index in [1.807, 2.05) is 30.3 Å². The zero-order valence-corrected chi connectivity index (χ0v) is 18.7. The van der Waals surface area contributed by atoms with Crippen LogP contribution in [0.2, 0.25) is 0 Å². The summed E-state index contributed by atoms with van der Waals surface area (Å²) in [5.41, 5.74) is 1.32. The minimum Gasteiger partial charge on any atom is -0.322 e. The van der Waals surface area contributed by atoms with E-state index >= 15 is 0 Å². The van der Waals surface area contributed by atoms with Gasteiger partial charge in [0.15, 0.2) is 0 Å². The quantitative estimate of drug-likeness (QED) is 0.294. The normalized spacial score (nSPS) is 11.5. The Morgan fingerprint density at radius 1 is 0.676 bits per heavy atom. The van der Waals surface area contributed by atoms with Gasteiger partial charge >= 0.3 is 0 Å². The van der Waals surface area contributed by atoms with Crippen LogP contribution >= 0.6 is 11.8 Å². The molecule has 0 saturated heterocycles. The van der Waals surface area contributed by atoms with E-state index in [4.69, 9.17) is 0 Å². The second-order valence-corrected chi connectivity index (χ2v) is 8.51. The second-order valence-electron chi connectivity index (χ2n) is 7.34. The molecule has 0 bridgehead atoms. The molecule has 0 spiro atoms. The van der Waals surface area contributed by atoms with Crippen LogP contribution in [-0.4, -0.2) is 11.8 Å². The van der Waals surface area contributed by atoms with Gasteiger partial charge in [-0.1, -0.05) is 54.6 Å². The zero-order valence-electron chi connectivity index (χ0n) is 17.9. The van der Waals surface area contributed by atoms with Crippen molar-refractivity contribution < 1.29 is 18.4 Å². The summed E-state index contributed by atoms with van der Waals surface area (Å²) in [5.74, 6) is -2.02. The maximum atomic E-state index is 14.1. The molecule has 170 valence electrons. The van der Waals surface area contributed by atoms with Crippen molar-refractivity contribution in [3.8, 4) is 0 Å². The van der Waals surface area contributed by atoms with Gasteiger partial charge in [-0.2, -0.15) is 0 Å². The van der Waals surface area contributed by atoms with E-state index in [-0.39, 0.29) is 17.2 Å². The van der Waals surface area contributed by atoms with Gasteiger partial charge in [0.1, 0.15) is 16.9 Å². The number of rotatable bonds is 7. The van der Waals surface area contributed by atoms with Gasteiger partial charge in [0, 0.05) is 10.6 Å². The fraction of sp³-hybridized carbons (Fsp3) is 0.0370. The number of hydrogen-bond donors (Lipinski definition) is 2. The number of nitrogens with one attached hydrogen (secondary N) is 2. The van der Waals surface area contributed by atoms with Crippen molar-refractivity contribution in [2.24, 2.45) is 0 Å². The summed E-state index contributed by atoms with van der Waals surface area (Å²) in [5, 5.41) is 4.69. The fourth-order valence-corrected chi connectivity index (χ4v) is 4.28. The summed E-state index contributed by atoms with van der Waals surface area (Å²) < 4.78 is 27.9. The van der Waals surface area contributed by atoms with Crippen LogP contribution in [0, 0.1) is 11.6 Å². The smallest absolute Gasteiger partial charge is 0.258 e. The van der Waals surface area contributed by atoms with Crippen LogP contribution in [0.15, 0.2) is 108 Å². The van der Waals surface area contributed by atoms with Gasteiger partial charge in [-0.25, -0.2) is 8.78 Å². The lowest BCUT2D eigenvalue weighted by atomic mass is 10.1. The Morgan fingerprint density at radius 2 is 1.29 bits per heavy atom. The first kappa shape index (κ1) is 23.2. The highest BCUT2D eigenvalue weighted by atomic mass is 32.2. The molecule has 4 aromatic rings. The number of para-hydroxylation sites is 1. The average molecular weight is 475 g/mol. The molecular weight excluding hydrogens is 454 g/mol. The molecule has 4 nitrogen and oxygen atoms in total. The first-order chi connectivity index (χ1) is 16.5. The third kappa shape index (κ3) is 5.68. The average Bonchev–Trinajstić information content (AvgIpc) is 2.85. The number of benzene rings is 4. The van der Waals surface area contributed by atoms with E-state index in [9.17, 15) is 18.4 Å². The van der Waals surface area contributed by atoms with E-state index in [0.717, 1.165) is 10.5 Å². The van der Waals surface area contributed by atoms with Crippen LogP contribution in [0.4, 0.5) is 20.2 Å². The van der Waals surface area contributed by atoms with Gasteiger partial charge in [0.25, 0.3) is 5.91 Å². The molecule has 0 aliphatic carbocycles. The van der Waals surface area contributed by atoms with Crippen molar-refractivity contribution in [1.29, 1.82) is 0 Å². The highest BCUT2D eigenvalue weighted by molar-refractivity contribution is 8.00. The van der Waals surface area contributed by atoms with E-state index in [0.29, 0.717) is 5.69 Å². The van der Waals surface area contributed by atoms with Gasteiger partial charge in [-0.15, -0.1) is 11.8 Å². The van der Waals surface area contributed by atoms with Crippen molar-refractivity contribution in [2.75, 3.05) is 10.6 Å². The van der Waals surface area contributed by atoms with Crippen LogP contribution in [0.1, 0.15) is 21.2 Å². The zero-order chi connectivity index (χ0) is 23.9. The summed E-state index contributed by atoms with van der Waals surface area (Å²) >= 11 is 1.29. The largest absolute Gasteiger partial charge is 0.322 e. The van der Waals surface area contributed by atoms with Crippen LogP contribution in [0.5, 0.6) is 0 Å². The maximum Gasteiger partial charge on any atom is 0.258 e. The van der Waals surface area contributed by atoms with Crippen molar-refractivity contribution in [3.63, 3.8) is 0 Å². The number of thioether (sulfide) groups is 1. The molecule has 4 rings (SSSR count). The molecule has 0 heterocycles. The predicted molar refractivity (Wildman–Crippen MR) is 131 cm³/mol. The van der Waals surface area contributed by atoms with E-state index in [1.165, 1.54) is 42.1 Å². The Morgan fingerprint density at radius 3 is 1.97 bits per heavy atom. The van der Waals surface area contributed by atoms with Crippen LogP contribution in [-0.2, 0) is 4.79 Å². The molecule has 4 aromatic carbocycles. The lowest BCUT2D eigenvalue weighted by Crippen LogP contribution is -2.19. The molecule has 0 aliphatic rings. The standard InChI is InChI=1S/C27H20F2N2O2S/c28-22-11-5-4-10-21(22)26(32)30-19-14-16-20(17-15-19)34-25(18-8-2-1-3-9-18)27(33)31-24-13-7-6-12-23(24)29/h1-17,25H,(H,30,32)(H,31,33). The minimum absolute atomic E-state index is 0.0464. The lowest BCUT2D eigenvalue weighted by molar-refractivity contribution is -0.115. The van der Waals surface area contributed by atoms with Crippen LogP contribution < -0.4 is 10.6 Å². The number of anilines is 2. The lowest BCUT2D eigenvalue weighted by Gasteiger charge is -2.17. The fourth-order valence-electron chi connectivity index (χ4n) is 3.26. The number of amides is 2. The van der Waals surface area contributed by atoms with Crippen molar-refractivity contribution in [2.45, 2.75) is 10.1 Å². The predicted octanol–water partition coefficient (Wildman–Crippen LogP) is 6.69. The van der Waals surface area contributed by atoms with Gasteiger partial charge in [0.2, 0.25) is 5.91 Å². The topological polar surface area (TPSA) is 58.2 Å². The maximum absolute atomic E-state index is 14.1. The first-order valence-corrected chi connectivity index (χ1v) is 11.3. The second kappa shape index (κ2) is 10.8. The molecule has 1 atom stereocenters. The molecule has 0 aromatic heterocycles. The first-order valence-electron chi connectivity index (χ1n) is 10.4. The number of carbonyl (C=O) groups excluding carboxylic acids is 2. The minimum atomic E-state index is -0.639. The molecule has 2 amide bonds. The van der Waals surface area contributed by atoms with Gasteiger partial charge < -0.3 is 10.6 Å². The van der Waals surface area contributed by atoms with Crippen molar-refractivity contribution >= 4 is 35.0 Å². The summed E-state index contributed by atoms with van der Waals surface area (Å²) in [4.78, 5) is 26.2. The summed E-state index contributed by atoms with van der Waals surface area (Å²) in [6, 6.07) is 27.8. The van der Waals surface area contributed by atoms with Gasteiger partial charge in [-0.05, 0) is 54.1 Å². The highest BCUT2D eigenvalue weighted by Crippen LogP contribution is 2.37. The number of hydrogen-bond acceptors (Lipinski definition) is 3. The van der Waals surface area contributed by atoms with E-state index in [1.54, 1.807) is 42.5 Å². The molecule has 0 fully saturated rings. The van der Waals surface area contributed by atoms with Crippen molar-refractivity contribution in [1.82, 2.24) is 0 Å². The molecule has 0 radical (unpaired) electrons.